The van der Waals surface area contributed by atoms with Gasteiger partial charge in [0.2, 0.25) is 0 Å². The Bertz CT molecular complexity index is 805. The number of hydrogen-bond acceptors (Lipinski definition) is 6. The van der Waals surface area contributed by atoms with E-state index in [0.717, 1.165) is 19.3 Å². The van der Waals surface area contributed by atoms with E-state index in [1.165, 1.54) is 76.8 Å². The second-order valence-electron chi connectivity index (χ2n) is 8.49. The maximum Gasteiger partial charge on any atom is 0.339 e. The zero-order chi connectivity index (χ0) is 24.5. The number of esters is 2. The van der Waals surface area contributed by atoms with Crippen molar-refractivity contribution in [1.82, 2.24) is 0 Å². The largest absolute Gasteiger partial charge is 0.462 e. The van der Waals surface area contributed by atoms with Crippen LogP contribution in [0.4, 0.5) is 0 Å². The summed E-state index contributed by atoms with van der Waals surface area (Å²) in [5.74, 6) is -1.46. The highest BCUT2D eigenvalue weighted by Gasteiger charge is 2.23. The fourth-order valence-electron chi connectivity index (χ4n) is 3.38. The number of carbonyl (C=O) groups excluding carboxylic acids is 2. The van der Waals surface area contributed by atoms with Crippen LogP contribution in [0.5, 0.6) is 0 Å². The van der Waals surface area contributed by atoms with Crippen molar-refractivity contribution in [3.8, 4) is 0 Å². The van der Waals surface area contributed by atoms with Crippen LogP contribution in [0, 0.1) is 0 Å². The quantitative estimate of drug-likeness (QED) is 0.155. The molecule has 1 aromatic rings. The summed E-state index contributed by atoms with van der Waals surface area (Å²) in [7, 11) is -4.31. The van der Waals surface area contributed by atoms with E-state index in [2.05, 4.69) is 6.92 Å². The Hall–Kier alpha value is -1.93. The number of benzene rings is 1. The molecule has 188 valence electrons. The average molecular weight is 485 g/mol. The molecule has 8 heteroatoms. The van der Waals surface area contributed by atoms with Crippen molar-refractivity contribution in [3.05, 3.63) is 35.4 Å². The first-order valence-electron chi connectivity index (χ1n) is 12.2. The molecule has 1 N–H and O–H groups in total. The van der Waals surface area contributed by atoms with Gasteiger partial charge in [-0.15, -0.1) is 0 Å². The number of rotatable bonds is 18. The second-order valence-corrected chi connectivity index (χ2v) is 10.3. The van der Waals surface area contributed by atoms with Gasteiger partial charge in [0.15, 0.2) is 0 Å². The van der Waals surface area contributed by atoms with Crippen LogP contribution in [0.1, 0.15) is 112 Å². The molecule has 0 saturated carbocycles. The second kappa shape index (κ2) is 16.6. The molecule has 0 aliphatic carbocycles. The highest BCUT2D eigenvalue weighted by Crippen LogP contribution is 2.15. The first kappa shape index (κ1) is 29.1. The Morgan fingerprint density at radius 2 is 1.21 bits per heavy atom. The minimum absolute atomic E-state index is 0.000248. The third kappa shape index (κ3) is 12.8. The van der Waals surface area contributed by atoms with Gasteiger partial charge in [0.25, 0.3) is 10.1 Å². The molecule has 0 aliphatic rings. The van der Waals surface area contributed by atoms with Gasteiger partial charge in [-0.2, -0.15) is 8.42 Å². The molecule has 0 saturated heterocycles. The summed E-state index contributed by atoms with van der Waals surface area (Å²) in [6, 6.07) is 6.07. The number of hydrogen-bond donors (Lipinski definition) is 1. The monoisotopic (exact) mass is 484 g/mol. The van der Waals surface area contributed by atoms with Crippen LogP contribution < -0.4 is 0 Å². The smallest absolute Gasteiger partial charge is 0.339 e. The number of unbranched alkanes of at least 4 members (excludes halogenated alkanes) is 11. The van der Waals surface area contributed by atoms with E-state index in [-0.39, 0.29) is 17.7 Å². The molecular weight excluding hydrogens is 444 g/mol. The standard InChI is InChI=1S/C25H40O7S/c1-3-4-5-6-7-8-9-10-11-12-13-16-19-31-24(26)22-17-14-15-18-23(22)25(27)32-20-21(2)33(28,29)30/h14-15,17-18,21H,3-13,16,19-20H2,1-2H3,(H,28,29,30). The van der Waals surface area contributed by atoms with Gasteiger partial charge in [0.05, 0.1) is 17.7 Å². The van der Waals surface area contributed by atoms with Gasteiger partial charge in [-0.1, -0.05) is 89.7 Å². The van der Waals surface area contributed by atoms with Gasteiger partial charge < -0.3 is 9.47 Å². The average Bonchev–Trinajstić information content (AvgIpc) is 2.79. The molecule has 0 bridgehead atoms. The summed E-state index contributed by atoms with van der Waals surface area (Å²) in [6.07, 6.45) is 14.6. The molecule has 0 aromatic heterocycles. The van der Waals surface area contributed by atoms with Crippen molar-refractivity contribution in [2.75, 3.05) is 13.2 Å². The van der Waals surface area contributed by atoms with Crippen molar-refractivity contribution in [3.63, 3.8) is 0 Å². The third-order valence-electron chi connectivity index (χ3n) is 5.56. The fraction of sp³-hybridized carbons (Fsp3) is 0.680. The summed E-state index contributed by atoms with van der Waals surface area (Å²) in [6.45, 7) is 3.22. The first-order valence-corrected chi connectivity index (χ1v) is 13.7. The highest BCUT2D eigenvalue weighted by molar-refractivity contribution is 7.86. The normalized spacial score (nSPS) is 12.3. The molecule has 1 atom stereocenters. The molecular formula is C25H40O7S. The maximum absolute atomic E-state index is 12.4. The van der Waals surface area contributed by atoms with Crippen LogP contribution in [0.3, 0.4) is 0 Å². The molecule has 0 heterocycles. The van der Waals surface area contributed by atoms with Crippen molar-refractivity contribution in [1.29, 1.82) is 0 Å². The summed E-state index contributed by atoms with van der Waals surface area (Å²) in [4.78, 5) is 24.7. The van der Waals surface area contributed by atoms with Crippen molar-refractivity contribution in [2.45, 2.75) is 96.1 Å². The van der Waals surface area contributed by atoms with Crippen LogP contribution >= 0.6 is 0 Å². The molecule has 1 rings (SSSR count). The minimum Gasteiger partial charge on any atom is -0.462 e. The van der Waals surface area contributed by atoms with Crippen molar-refractivity contribution >= 4 is 22.1 Å². The maximum atomic E-state index is 12.4. The third-order valence-corrected chi connectivity index (χ3v) is 6.71. The lowest BCUT2D eigenvalue weighted by Gasteiger charge is -2.12. The topological polar surface area (TPSA) is 107 Å². The van der Waals surface area contributed by atoms with Gasteiger partial charge in [0, 0.05) is 0 Å². The zero-order valence-corrected chi connectivity index (χ0v) is 20.9. The van der Waals surface area contributed by atoms with Crippen molar-refractivity contribution < 1.29 is 32.0 Å². The lowest BCUT2D eigenvalue weighted by molar-refractivity contribution is 0.0454. The Balaban J connectivity index is 2.26. The summed E-state index contributed by atoms with van der Waals surface area (Å²) in [5.41, 5.74) is 0.0701. The molecule has 33 heavy (non-hydrogen) atoms. The van der Waals surface area contributed by atoms with Crippen LogP contribution in [0.25, 0.3) is 0 Å². The molecule has 0 aliphatic heterocycles. The summed E-state index contributed by atoms with van der Waals surface area (Å²) >= 11 is 0. The summed E-state index contributed by atoms with van der Waals surface area (Å²) in [5, 5.41) is -1.26. The molecule has 1 unspecified atom stereocenters. The van der Waals surface area contributed by atoms with Gasteiger partial charge in [-0.25, -0.2) is 9.59 Å². The van der Waals surface area contributed by atoms with E-state index >= 15 is 0 Å². The summed E-state index contributed by atoms with van der Waals surface area (Å²) < 4.78 is 41.3. The fourth-order valence-corrected chi connectivity index (χ4v) is 3.62. The molecule has 7 nitrogen and oxygen atoms in total. The van der Waals surface area contributed by atoms with E-state index in [1.807, 2.05) is 0 Å². The zero-order valence-electron chi connectivity index (χ0n) is 20.1. The Morgan fingerprint density at radius 3 is 1.67 bits per heavy atom. The minimum atomic E-state index is -4.31. The SMILES string of the molecule is CCCCCCCCCCCCCCOC(=O)c1ccccc1C(=O)OCC(C)S(=O)(=O)O. The molecule has 0 amide bonds. The Morgan fingerprint density at radius 1 is 0.788 bits per heavy atom. The van der Waals surface area contributed by atoms with Gasteiger partial charge >= 0.3 is 11.9 Å². The molecule has 1 aromatic carbocycles. The van der Waals surface area contributed by atoms with Crippen LogP contribution in [-0.2, 0) is 19.6 Å². The van der Waals surface area contributed by atoms with Crippen molar-refractivity contribution in [2.24, 2.45) is 0 Å². The lowest BCUT2D eigenvalue weighted by Crippen LogP contribution is -2.25. The van der Waals surface area contributed by atoms with E-state index in [0.29, 0.717) is 0 Å². The Labute approximate surface area is 199 Å². The van der Waals surface area contributed by atoms with Gasteiger partial charge in [-0.3, -0.25) is 4.55 Å². The van der Waals surface area contributed by atoms with Crippen LogP contribution in [0.15, 0.2) is 24.3 Å². The van der Waals surface area contributed by atoms with E-state index in [4.69, 9.17) is 14.0 Å². The van der Waals surface area contributed by atoms with Gasteiger partial charge in [0.1, 0.15) is 11.9 Å². The lowest BCUT2D eigenvalue weighted by atomic mass is 10.1. The van der Waals surface area contributed by atoms with E-state index < -0.39 is 33.9 Å². The van der Waals surface area contributed by atoms with Gasteiger partial charge in [-0.05, 0) is 25.5 Å². The predicted octanol–water partition coefficient (Wildman–Crippen LogP) is 5.98. The van der Waals surface area contributed by atoms with E-state index in [1.54, 1.807) is 12.1 Å². The predicted molar refractivity (Wildman–Crippen MR) is 129 cm³/mol. The Kier molecular flexibility index (Phi) is 14.7. The van der Waals surface area contributed by atoms with E-state index in [9.17, 15) is 18.0 Å². The molecule has 0 fully saturated rings. The first-order chi connectivity index (χ1) is 15.8. The molecule has 0 spiro atoms. The number of carbonyl (C=O) groups is 2. The van der Waals surface area contributed by atoms with Crippen LogP contribution in [-0.4, -0.2) is 43.4 Å². The number of ether oxygens (including phenoxy) is 2. The highest BCUT2D eigenvalue weighted by atomic mass is 32.2. The van der Waals surface area contributed by atoms with Crippen LogP contribution in [0.2, 0.25) is 0 Å². The molecule has 0 radical (unpaired) electrons.